The van der Waals surface area contributed by atoms with E-state index in [1.807, 2.05) is 48.0 Å². The van der Waals surface area contributed by atoms with Gasteiger partial charge in [-0.05, 0) is 42.8 Å². The first-order valence-electron chi connectivity index (χ1n) is 8.15. The summed E-state index contributed by atoms with van der Waals surface area (Å²) < 4.78 is 40.2. The van der Waals surface area contributed by atoms with E-state index in [1.165, 1.54) is 6.21 Å². The van der Waals surface area contributed by atoms with E-state index in [-0.39, 0.29) is 5.69 Å². The van der Waals surface area contributed by atoms with Gasteiger partial charge in [0.05, 0.1) is 22.4 Å². The van der Waals surface area contributed by atoms with E-state index in [0.717, 1.165) is 23.4 Å². The highest BCUT2D eigenvalue weighted by molar-refractivity contribution is 5.80. The minimum absolute atomic E-state index is 0.136. The number of nitro groups is 1. The van der Waals surface area contributed by atoms with Crippen LogP contribution in [0.4, 0.5) is 24.5 Å². The van der Waals surface area contributed by atoms with Crippen LogP contribution in [0.5, 0.6) is 0 Å². The molecule has 1 heterocycles. The summed E-state index contributed by atoms with van der Waals surface area (Å²) in [7, 11) is 0. The molecule has 0 aliphatic rings. The van der Waals surface area contributed by atoms with Crippen LogP contribution in [-0.4, -0.2) is 15.7 Å². The molecule has 0 unspecified atom stereocenters. The zero-order chi connectivity index (χ0) is 20.3. The van der Waals surface area contributed by atoms with E-state index < -0.39 is 22.4 Å². The lowest BCUT2D eigenvalue weighted by Gasteiger charge is -2.10. The predicted octanol–water partition coefficient (Wildman–Crippen LogP) is 5.16. The summed E-state index contributed by atoms with van der Waals surface area (Å²) in [5, 5.41) is 15.1. The molecule has 6 nitrogen and oxygen atoms in total. The number of hydrogen-bond acceptors (Lipinski definition) is 4. The molecule has 0 spiro atoms. The van der Waals surface area contributed by atoms with Gasteiger partial charge in [0.15, 0.2) is 0 Å². The topological polar surface area (TPSA) is 72.5 Å². The van der Waals surface area contributed by atoms with Crippen LogP contribution in [0.2, 0.25) is 0 Å². The largest absolute Gasteiger partial charge is 0.416 e. The molecule has 9 heteroatoms. The maximum Gasteiger partial charge on any atom is 0.416 e. The summed E-state index contributed by atoms with van der Waals surface area (Å²) in [4.78, 5) is 10.2. The normalized spacial score (nSPS) is 11.7. The summed E-state index contributed by atoms with van der Waals surface area (Å²) >= 11 is 0. The molecule has 0 fully saturated rings. The summed E-state index contributed by atoms with van der Waals surface area (Å²) in [6.45, 7) is 1.96. The first kappa shape index (κ1) is 19.2. The van der Waals surface area contributed by atoms with Crippen LogP contribution >= 0.6 is 0 Å². The minimum Gasteiger partial charge on any atom is -0.315 e. The van der Waals surface area contributed by atoms with Crippen LogP contribution in [0.1, 0.15) is 16.8 Å². The van der Waals surface area contributed by atoms with Gasteiger partial charge in [-0.1, -0.05) is 18.2 Å². The molecule has 0 bridgehead atoms. The van der Waals surface area contributed by atoms with E-state index >= 15 is 0 Å². The molecule has 2 aromatic carbocycles. The molecule has 3 rings (SSSR count). The van der Waals surface area contributed by atoms with Crippen LogP contribution in [0.25, 0.3) is 5.69 Å². The van der Waals surface area contributed by atoms with Crippen LogP contribution < -0.4 is 5.43 Å². The van der Waals surface area contributed by atoms with Gasteiger partial charge >= 0.3 is 6.18 Å². The van der Waals surface area contributed by atoms with Gasteiger partial charge in [0, 0.05) is 18.0 Å². The monoisotopic (exact) mass is 388 g/mol. The van der Waals surface area contributed by atoms with E-state index in [1.54, 1.807) is 6.07 Å². The molecule has 1 aromatic heterocycles. The summed E-state index contributed by atoms with van der Waals surface area (Å²) in [6, 6.07) is 13.5. The fourth-order valence-corrected chi connectivity index (χ4v) is 2.67. The highest BCUT2D eigenvalue weighted by atomic mass is 19.4. The van der Waals surface area contributed by atoms with Crippen molar-refractivity contribution in [3.05, 3.63) is 87.7 Å². The van der Waals surface area contributed by atoms with Crippen molar-refractivity contribution < 1.29 is 18.1 Å². The molecule has 0 radical (unpaired) electrons. The Balaban J connectivity index is 1.86. The zero-order valence-electron chi connectivity index (χ0n) is 14.6. The Bertz CT molecular complexity index is 1040. The average Bonchev–Trinajstić information content (AvgIpc) is 3.09. The van der Waals surface area contributed by atoms with Crippen LogP contribution in [0.15, 0.2) is 65.9 Å². The molecule has 0 amide bonds. The SMILES string of the molecule is Cc1ccccc1-n1cccc1/C=N\Nc1ccc(C(F)(F)F)cc1[N+](=O)[O-]. The Morgan fingerprint density at radius 3 is 2.57 bits per heavy atom. The number of hydrazone groups is 1. The lowest BCUT2D eigenvalue weighted by molar-refractivity contribution is -0.384. The number of halogens is 3. The van der Waals surface area contributed by atoms with Gasteiger partial charge in [-0.3, -0.25) is 15.5 Å². The van der Waals surface area contributed by atoms with Crippen molar-refractivity contribution in [2.45, 2.75) is 13.1 Å². The smallest absolute Gasteiger partial charge is 0.315 e. The van der Waals surface area contributed by atoms with Crippen molar-refractivity contribution in [3.8, 4) is 5.69 Å². The van der Waals surface area contributed by atoms with Gasteiger partial charge in [0.2, 0.25) is 0 Å². The number of aromatic nitrogens is 1. The van der Waals surface area contributed by atoms with Gasteiger partial charge in [-0.15, -0.1) is 0 Å². The number of nitro benzene ring substituents is 1. The summed E-state index contributed by atoms with van der Waals surface area (Å²) in [5.41, 5.74) is 3.19. The molecule has 0 saturated heterocycles. The molecule has 0 saturated carbocycles. The molecule has 0 atom stereocenters. The molecule has 144 valence electrons. The van der Waals surface area contributed by atoms with E-state index in [2.05, 4.69) is 10.5 Å². The number of para-hydroxylation sites is 1. The molecule has 0 aliphatic heterocycles. The predicted molar refractivity (Wildman–Crippen MR) is 99.8 cm³/mol. The van der Waals surface area contributed by atoms with Crippen molar-refractivity contribution in [2.24, 2.45) is 5.10 Å². The molecule has 0 aliphatic carbocycles. The van der Waals surface area contributed by atoms with E-state index in [9.17, 15) is 23.3 Å². The third kappa shape index (κ3) is 4.03. The zero-order valence-corrected chi connectivity index (χ0v) is 14.6. The van der Waals surface area contributed by atoms with Gasteiger partial charge in [-0.25, -0.2) is 0 Å². The first-order chi connectivity index (χ1) is 13.3. The first-order valence-corrected chi connectivity index (χ1v) is 8.15. The summed E-state index contributed by atoms with van der Waals surface area (Å²) in [6.07, 6.45) is -1.39. The highest BCUT2D eigenvalue weighted by Gasteiger charge is 2.33. The number of aryl methyl sites for hydroxylation is 1. The Labute approximate surface area is 158 Å². The van der Waals surface area contributed by atoms with Crippen molar-refractivity contribution in [2.75, 3.05) is 5.43 Å². The average molecular weight is 388 g/mol. The number of rotatable bonds is 5. The number of hydrogen-bond donors (Lipinski definition) is 1. The van der Waals surface area contributed by atoms with E-state index in [0.29, 0.717) is 11.8 Å². The van der Waals surface area contributed by atoms with Gasteiger partial charge in [0.25, 0.3) is 5.69 Å². The second-order valence-electron chi connectivity index (χ2n) is 5.95. The van der Waals surface area contributed by atoms with Crippen LogP contribution in [0, 0.1) is 17.0 Å². The third-order valence-corrected chi connectivity index (χ3v) is 4.06. The lowest BCUT2D eigenvalue weighted by Crippen LogP contribution is -2.07. The molecule has 3 aromatic rings. The molecular weight excluding hydrogens is 373 g/mol. The third-order valence-electron chi connectivity index (χ3n) is 4.06. The summed E-state index contributed by atoms with van der Waals surface area (Å²) in [5.74, 6) is 0. The van der Waals surface area contributed by atoms with Crippen LogP contribution in [0.3, 0.4) is 0 Å². The molecule has 1 N–H and O–H groups in total. The minimum atomic E-state index is -4.67. The number of benzene rings is 2. The van der Waals surface area contributed by atoms with Crippen LogP contribution in [-0.2, 0) is 6.18 Å². The number of nitrogens with zero attached hydrogens (tertiary/aromatic N) is 3. The van der Waals surface area contributed by atoms with Crippen molar-refractivity contribution in [1.29, 1.82) is 0 Å². The number of alkyl halides is 3. The van der Waals surface area contributed by atoms with Crippen molar-refractivity contribution in [1.82, 2.24) is 4.57 Å². The fourth-order valence-electron chi connectivity index (χ4n) is 2.67. The maximum atomic E-state index is 12.8. The van der Waals surface area contributed by atoms with Gasteiger partial charge in [-0.2, -0.15) is 18.3 Å². The maximum absolute atomic E-state index is 12.8. The van der Waals surface area contributed by atoms with E-state index in [4.69, 9.17) is 0 Å². The Kier molecular flexibility index (Phi) is 5.16. The van der Waals surface area contributed by atoms with Gasteiger partial charge in [0.1, 0.15) is 5.69 Å². The van der Waals surface area contributed by atoms with Crippen molar-refractivity contribution >= 4 is 17.6 Å². The Morgan fingerprint density at radius 1 is 1.14 bits per heavy atom. The molecule has 28 heavy (non-hydrogen) atoms. The lowest BCUT2D eigenvalue weighted by atomic mass is 10.1. The number of nitrogens with one attached hydrogen (secondary N) is 1. The quantitative estimate of drug-likeness (QED) is 0.373. The fraction of sp³-hybridized carbons (Fsp3) is 0.105. The van der Waals surface area contributed by atoms with Crippen molar-refractivity contribution in [3.63, 3.8) is 0 Å². The number of anilines is 1. The highest BCUT2D eigenvalue weighted by Crippen LogP contribution is 2.34. The Hall–Kier alpha value is -3.62. The van der Waals surface area contributed by atoms with Gasteiger partial charge < -0.3 is 4.57 Å². The second kappa shape index (κ2) is 7.55. The second-order valence-corrected chi connectivity index (χ2v) is 5.95. The standard InChI is InChI=1S/C19H15F3N4O2/c1-13-5-2-3-7-17(13)25-10-4-6-15(25)12-23-24-16-9-8-14(19(20,21)22)11-18(16)26(27)28/h2-12,24H,1H3/b23-12-. The molecular formula is C19H15F3N4O2. The Morgan fingerprint density at radius 2 is 1.89 bits per heavy atom.